The van der Waals surface area contributed by atoms with Gasteiger partial charge in [-0.15, -0.1) is 11.3 Å². The van der Waals surface area contributed by atoms with Crippen LogP contribution in [0.3, 0.4) is 0 Å². The molecule has 0 radical (unpaired) electrons. The smallest absolute Gasteiger partial charge is 0.144 e. The molecule has 0 bridgehead atoms. The van der Waals surface area contributed by atoms with Crippen molar-refractivity contribution in [2.45, 2.75) is 6.54 Å². The molecular weight excluding hydrogens is 414 g/mol. The molecule has 2 aromatic heterocycles. The van der Waals surface area contributed by atoms with E-state index in [-0.39, 0.29) is 0 Å². The number of rotatable bonds is 3. The van der Waals surface area contributed by atoms with Crippen molar-refractivity contribution in [2.75, 3.05) is 0 Å². The lowest BCUT2D eigenvalue weighted by Crippen LogP contribution is -1.95. The summed E-state index contributed by atoms with van der Waals surface area (Å²) in [6.45, 7) is 0.468. The second-order valence-corrected chi connectivity index (χ2v) is 7.20. The summed E-state index contributed by atoms with van der Waals surface area (Å²) in [5.41, 5.74) is 8.72. The molecule has 0 aliphatic carbocycles. The van der Waals surface area contributed by atoms with Gasteiger partial charge in [-0.25, -0.2) is 4.98 Å². The van der Waals surface area contributed by atoms with Crippen molar-refractivity contribution in [3.05, 3.63) is 56.4 Å². The van der Waals surface area contributed by atoms with E-state index < -0.39 is 0 Å². The van der Waals surface area contributed by atoms with Crippen molar-refractivity contribution in [3.8, 4) is 22.0 Å². The van der Waals surface area contributed by atoms with Crippen LogP contribution in [0.25, 0.3) is 22.0 Å². The van der Waals surface area contributed by atoms with Crippen LogP contribution < -0.4 is 5.73 Å². The number of pyridine rings is 1. The Balaban J connectivity index is 2.12. The SMILES string of the molecule is NCc1sc(-c2ncc(Br)cc2Br)nc1-c1ccccc1. The molecule has 106 valence electrons. The average Bonchev–Trinajstić information content (AvgIpc) is 2.92. The molecule has 0 unspecified atom stereocenters. The minimum absolute atomic E-state index is 0.468. The van der Waals surface area contributed by atoms with E-state index in [9.17, 15) is 0 Å². The summed E-state index contributed by atoms with van der Waals surface area (Å²) in [5, 5.41) is 0.869. The molecule has 0 fully saturated rings. The fourth-order valence-electron chi connectivity index (χ4n) is 1.98. The van der Waals surface area contributed by atoms with Crippen molar-refractivity contribution >= 4 is 43.2 Å². The highest BCUT2D eigenvalue weighted by molar-refractivity contribution is 9.11. The number of hydrogen-bond acceptors (Lipinski definition) is 4. The molecule has 2 heterocycles. The molecule has 0 saturated carbocycles. The third kappa shape index (κ3) is 3.08. The average molecular weight is 425 g/mol. The largest absolute Gasteiger partial charge is 0.326 e. The lowest BCUT2D eigenvalue weighted by atomic mass is 10.1. The Hall–Kier alpha value is -1.08. The van der Waals surface area contributed by atoms with Crippen LogP contribution in [0.2, 0.25) is 0 Å². The van der Waals surface area contributed by atoms with E-state index in [0.29, 0.717) is 6.54 Å². The van der Waals surface area contributed by atoms with Crippen LogP contribution in [0.4, 0.5) is 0 Å². The van der Waals surface area contributed by atoms with Crippen LogP contribution in [0.1, 0.15) is 4.88 Å². The molecule has 0 spiro atoms. The number of nitrogens with zero attached hydrogens (tertiary/aromatic N) is 2. The Bertz CT molecular complexity index is 772. The first-order valence-electron chi connectivity index (χ1n) is 6.25. The van der Waals surface area contributed by atoms with Gasteiger partial charge in [-0.3, -0.25) is 4.98 Å². The summed E-state index contributed by atoms with van der Waals surface area (Å²) in [7, 11) is 0. The summed E-state index contributed by atoms with van der Waals surface area (Å²) in [4.78, 5) is 10.2. The van der Waals surface area contributed by atoms with E-state index in [1.54, 1.807) is 17.5 Å². The number of nitrogens with two attached hydrogens (primary N) is 1. The van der Waals surface area contributed by atoms with Gasteiger partial charge in [0.1, 0.15) is 10.7 Å². The van der Waals surface area contributed by atoms with Crippen LogP contribution in [0, 0.1) is 0 Å². The number of thiazole rings is 1. The molecule has 21 heavy (non-hydrogen) atoms. The summed E-state index contributed by atoms with van der Waals surface area (Å²) >= 11 is 8.53. The van der Waals surface area contributed by atoms with Crippen molar-refractivity contribution < 1.29 is 0 Å². The minimum Gasteiger partial charge on any atom is -0.326 e. The quantitative estimate of drug-likeness (QED) is 0.653. The van der Waals surface area contributed by atoms with Gasteiger partial charge in [0.05, 0.1) is 5.69 Å². The highest BCUT2D eigenvalue weighted by atomic mass is 79.9. The molecule has 0 saturated heterocycles. The van der Waals surface area contributed by atoms with Gasteiger partial charge in [0.2, 0.25) is 0 Å². The maximum absolute atomic E-state index is 5.87. The van der Waals surface area contributed by atoms with Gasteiger partial charge < -0.3 is 5.73 Å². The highest BCUT2D eigenvalue weighted by Crippen LogP contribution is 2.36. The molecule has 3 nitrogen and oxygen atoms in total. The van der Waals surface area contributed by atoms with E-state index in [0.717, 1.165) is 35.8 Å². The lowest BCUT2D eigenvalue weighted by Gasteiger charge is -2.00. The van der Waals surface area contributed by atoms with Gasteiger partial charge in [-0.2, -0.15) is 0 Å². The van der Waals surface area contributed by atoms with Crippen molar-refractivity contribution in [3.63, 3.8) is 0 Å². The van der Waals surface area contributed by atoms with E-state index >= 15 is 0 Å². The van der Waals surface area contributed by atoms with E-state index in [4.69, 9.17) is 10.7 Å². The second kappa shape index (κ2) is 6.36. The van der Waals surface area contributed by atoms with Gasteiger partial charge >= 0.3 is 0 Å². The molecule has 0 amide bonds. The monoisotopic (exact) mass is 423 g/mol. The third-order valence-electron chi connectivity index (χ3n) is 2.94. The first-order chi connectivity index (χ1) is 10.2. The molecule has 6 heteroatoms. The third-order valence-corrected chi connectivity index (χ3v) is 5.06. The molecule has 0 aliphatic rings. The van der Waals surface area contributed by atoms with Gasteiger partial charge in [0, 0.05) is 32.1 Å². The molecule has 2 N–H and O–H groups in total. The number of aromatic nitrogens is 2. The Morgan fingerprint density at radius 1 is 1.10 bits per heavy atom. The van der Waals surface area contributed by atoms with Crippen LogP contribution in [-0.4, -0.2) is 9.97 Å². The van der Waals surface area contributed by atoms with Crippen molar-refractivity contribution in [1.29, 1.82) is 0 Å². The Morgan fingerprint density at radius 2 is 1.86 bits per heavy atom. The van der Waals surface area contributed by atoms with Crippen molar-refractivity contribution in [1.82, 2.24) is 9.97 Å². The molecule has 1 aromatic carbocycles. The predicted molar refractivity (Wildman–Crippen MR) is 94.1 cm³/mol. The van der Waals surface area contributed by atoms with Crippen LogP contribution in [-0.2, 0) is 6.54 Å². The Labute approximate surface area is 143 Å². The molecule has 0 atom stereocenters. The fourth-order valence-corrected chi connectivity index (χ4v) is 4.26. The topological polar surface area (TPSA) is 51.8 Å². The maximum Gasteiger partial charge on any atom is 0.144 e. The summed E-state index contributed by atoms with van der Waals surface area (Å²) in [6, 6.07) is 12.1. The van der Waals surface area contributed by atoms with E-state index in [1.807, 2.05) is 36.4 Å². The zero-order valence-corrected chi connectivity index (χ0v) is 14.9. The van der Waals surface area contributed by atoms with Gasteiger partial charge in [0.15, 0.2) is 0 Å². The number of halogens is 2. The van der Waals surface area contributed by atoms with Crippen LogP contribution >= 0.6 is 43.2 Å². The number of benzene rings is 1. The van der Waals surface area contributed by atoms with E-state index in [1.165, 1.54) is 0 Å². The first kappa shape index (κ1) is 14.8. The maximum atomic E-state index is 5.87. The molecular formula is C15H11Br2N3S. The summed E-state index contributed by atoms with van der Waals surface area (Å²) in [6.07, 6.45) is 1.77. The number of hydrogen-bond donors (Lipinski definition) is 1. The van der Waals surface area contributed by atoms with Gasteiger partial charge in [-0.05, 0) is 37.9 Å². The Kier molecular flexibility index (Phi) is 4.49. The normalized spacial score (nSPS) is 10.8. The summed E-state index contributed by atoms with van der Waals surface area (Å²) < 4.78 is 1.84. The zero-order chi connectivity index (χ0) is 14.8. The van der Waals surface area contributed by atoms with E-state index in [2.05, 4.69) is 36.8 Å². The second-order valence-electron chi connectivity index (χ2n) is 4.34. The van der Waals surface area contributed by atoms with Crippen LogP contribution in [0.15, 0.2) is 51.5 Å². The highest BCUT2D eigenvalue weighted by Gasteiger charge is 2.16. The molecule has 3 rings (SSSR count). The van der Waals surface area contributed by atoms with Gasteiger partial charge in [-0.1, -0.05) is 30.3 Å². The predicted octanol–water partition coefficient (Wildman–Crippen LogP) is 4.86. The van der Waals surface area contributed by atoms with Crippen molar-refractivity contribution in [2.24, 2.45) is 5.73 Å². The Morgan fingerprint density at radius 3 is 2.52 bits per heavy atom. The van der Waals surface area contributed by atoms with Crippen LogP contribution in [0.5, 0.6) is 0 Å². The zero-order valence-electron chi connectivity index (χ0n) is 10.9. The first-order valence-corrected chi connectivity index (χ1v) is 8.66. The lowest BCUT2D eigenvalue weighted by molar-refractivity contribution is 1.10. The fraction of sp³-hybridized carbons (Fsp3) is 0.0667. The minimum atomic E-state index is 0.468. The summed E-state index contributed by atoms with van der Waals surface area (Å²) in [5.74, 6) is 0. The van der Waals surface area contributed by atoms with Gasteiger partial charge in [0.25, 0.3) is 0 Å². The standard InChI is InChI=1S/C15H11Br2N3S/c16-10-6-11(17)14(19-8-10)15-20-13(12(7-18)21-15)9-4-2-1-3-5-9/h1-6,8H,7,18H2. The molecule has 0 aliphatic heterocycles. The molecule has 3 aromatic rings.